The number of Topliss-reactive ketones (excluding diaryl/α,β-unsaturated/α-hetero) is 1. The molecule has 0 radical (unpaired) electrons. The number of carbonyl (C=O) groups excluding carboxylic acids is 3. The molecule has 2 atom stereocenters. The number of hydrogen-bond acceptors (Lipinski definition) is 10. The molecule has 4 rings (SSSR count). The van der Waals surface area contributed by atoms with Crippen LogP contribution in [0.5, 0.6) is 5.75 Å². The van der Waals surface area contributed by atoms with E-state index in [1.807, 2.05) is 18.2 Å². The van der Waals surface area contributed by atoms with Crippen molar-refractivity contribution in [2.75, 3.05) is 12.9 Å². The molecule has 14 heteroatoms. The number of benzene rings is 2. The van der Waals surface area contributed by atoms with Gasteiger partial charge in [0.1, 0.15) is 34.0 Å². The van der Waals surface area contributed by atoms with E-state index in [0.29, 0.717) is 11.3 Å². The number of carbonyl (C=O) groups is 3. The van der Waals surface area contributed by atoms with Crippen LogP contribution in [0.3, 0.4) is 0 Å². The molecule has 50 heavy (non-hydrogen) atoms. The van der Waals surface area contributed by atoms with Crippen LogP contribution in [0.25, 0.3) is 0 Å². The molecule has 0 saturated carbocycles. The zero-order valence-corrected chi connectivity index (χ0v) is 31.5. The van der Waals surface area contributed by atoms with Gasteiger partial charge in [-0.05, 0) is 78.3 Å². The average Bonchev–Trinajstić information content (AvgIpc) is 3.00. The number of halogens is 3. The van der Waals surface area contributed by atoms with Crippen LogP contribution in [0.15, 0.2) is 59.7 Å². The smallest absolute Gasteiger partial charge is 0.426 e. The molecule has 1 aliphatic heterocycles. The molecule has 1 aromatic heterocycles. The highest BCUT2D eigenvalue weighted by atomic mass is 35.5. The van der Waals surface area contributed by atoms with Crippen molar-refractivity contribution in [2.24, 2.45) is 4.99 Å². The number of thioether (sulfide) groups is 1. The minimum absolute atomic E-state index is 0.0194. The second kappa shape index (κ2) is 15.7. The average molecular weight is 749 g/mol. The fourth-order valence-corrected chi connectivity index (χ4v) is 6.73. The van der Waals surface area contributed by atoms with E-state index in [0.717, 1.165) is 22.2 Å². The minimum atomic E-state index is -1.54. The number of amides is 2. The van der Waals surface area contributed by atoms with Crippen molar-refractivity contribution in [1.82, 2.24) is 9.88 Å². The highest BCUT2D eigenvalue weighted by Gasteiger charge is 2.46. The summed E-state index contributed by atoms with van der Waals surface area (Å²) in [6.45, 7) is 11.7. The molecule has 0 fully saturated rings. The number of para-hydroxylation sites is 1. The van der Waals surface area contributed by atoms with E-state index in [9.17, 15) is 14.4 Å². The van der Waals surface area contributed by atoms with E-state index in [1.54, 1.807) is 61.6 Å². The molecule has 0 N–H and O–H groups in total. The lowest BCUT2D eigenvalue weighted by atomic mass is 9.85. The zero-order chi connectivity index (χ0) is 37.0. The van der Waals surface area contributed by atoms with Gasteiger partial charge in [0.2, 0.25) is 0 Å². The Morgan fingerprint density at radius 2 is 1.64 bits per heavy atom. The third-order valence-corrected chi connectivity index (χ3v) is 8.80. The molecule has 10 nitrogen and oxygen atoms in total. The summed E-state index contributed by atoms with van der Waals surface area (Å²) in [6.07, 6.45) is -1.68. The zero-order valence-electron chi connectivity index (χ0n) is 29.1. The number of ketones is 1. The van der Waals surface area contributed by atoms with Crippen LogP contribution >= 0.6 is 35.0 Å². The standard InChI is InChI=1S/C36H40Cl2FN3O7S/c1-34(2,3)48-32(44)42(33(45)49-35(4,5)6)31-41-36(7,29(20-50-31)47-19-22-11-9-10-12-28(22)46-8)24-15-21(13-14-26(24)39)16-27(43)30-25(38)17-23(37)18-40-30/h9-15,17-18,29H,16,19-20H2,1-8H3/t29?,36-/m1/s1. The predicted octanol–water partition coefficient (Wildman–Crippen LogP) is 9.04. The third kappa shape index (κ3) is 9.74. The maximum atomic E-state index is 16.0. The summed E-state index contributed by atoms with van der Waals surface area (Å²) in [7, 11) is 1.55. The normalized spacial score (nSPS) is 17.8. The fourth-order valence-electron chi connectivity index (χ4n) is 4.99. The Kier molecular flexibility index (Phi) is 12.3. The lowest BCUT2D eigenvalue weighted by Gasteiger charge is -2.40. The Bertz CT molecular complexity index is 1770. The first-order chi connectivity index (χ1) is 23.3. The number of rotatable bonds is 8. The first kappa shape index (κ1) is 39.1. The summed E-state index contributed by atoms with van der Waals surface area (Å²) >= 11 is 13.3. The molecule has 2 heterocycles. The van der Waals surface area contributed by atoms with Gasteiger partial charge >= 0.3 is 12.2 Å². The highest BCUT2D eigenvalue weighted by molar-refractivity contribution is 8.14. The summed E-state index contributed by atoms with van der Waals surface area (Å²) < 4.78 is 39.1. The number of nitrogens with zero attached hydrogens (tertiary/aromatic N) is 3. The molecule has 1 unspecified atom stereocenters. The monoisotopic (exact) mass is 747 g/mol. The van der Waals surface area contributed by atoms with Crippen molar-refractivity contribution in [1.29, 1.82) is 0 Å². The number of pyridine rings is 1. The van der Waals surface area contributed by atoms with Crippen molar-refractivity contribution in [3.8, 4) is 5.75 Å². The first-order valence-electron chi connectivity index (χ1n) is 15.7. The fraction of sp³-hybridized carbons (Fsp3) is 0.417. The highest BCUT2D eigenvalue weighted by Crippen LogP contribution is 2.41. The number of imide groups is 1. The van der Waals surface area contributed by atoms with E-state index in [1.165, 1.54) is 30.5 Å². The second-order valence-corrected chi connectivity index (χ2v) is 15.5. The van der Waals surface area contributed by atoms with Crippen molar-refractivity contribution in [3.63, 3.8) is 0 Å². The largest absolute Gasteiger partial charge is 0.496 e. The van der Waals surface area contributed by atoms with Gasteiger partial charge in [0.15, 0.2) is 11.0 Å². The topological polar surface area (TPSA) is 117 Å². The maximum Gasteiger partial charge on any atom is 0.426 e. The van der Waals surface area contributed by atoms with Gasteiger partial charge in [-0.15, -0.1) is 0 Å². The Balaban J connectivity index is 1.82. The first-order valence-corrected chi connectivity index (χ1v) is 17.4. The van der Waals surface area contributed by atoms with Crippen molar-refractivity contribution in [3.05, 3.63) is 93.0 Å². The minimum Gasteiger partial charge on any atom is -0.496 e. The lowest BCUT2D eigenvalue weighted by molar-refractivity contribution is 0.00288. The number of aromatic nitrogens is 1. The van der Waals surface area contributed by atoms with E-state index < -0.39 is 46.6 Å². The molecule has 1 aliphatic rings. The Morgan fingerprint density at radius 1 is 1.00 bits per heavy atom. The number of hydrogen-bond donors (Lipinski definition) is 0. The van der Waals surface area contributed by atoms with Gasteiger partial charge in [-0.3, -0.25) is 4.79 Å². The summed E-state index contributed by atoms with van der Waals surface area (Å²) in [5, 5.41) is 0.286. The lowest BCUT2D eigenvalue weighted by Crippen LogP contribution is -2.51. The van der Waals surface area contributed by atoms with Crippen molar-refractivity contribution >= 4 is 58.1 Å². The van der Waals surface area contributed by atoms with Gasteiger partial charge in [-0.2, -0.15) is 4.90 Å². The van der Waals surface area contributed by atoms with Gasteiger partial charge in [0.05, 0.1) is 29.9 Å². The summed E-state index contributed by atoms with van der Waals surface area (Å²) in [6, 6.07) is 12.9. The van der Waals surface area contributed by atoms with Gasteiger partial charge in [-0.1, -0.05) is 59.2 Å². The van der Waals surface area contributed by atoms with Crippen LogP contribution in [-0.2, 0) is 32.8 Å². The number of amidine groups is 1. The molecule has 2 aromatic carbocycles. The Labute approximate surface area is 305 Å². The molecule has 0 bridgehead atoms. The van der Waals surface area contributed by atoms with Crippen LogP contribution in [0.4, 0.5) is 14.0 Å². The SMILES string of the molecule is COc1ccccc1COC1CSC(N(C(=O)OC(C)(C)C)C(=O)OC(C)(C)C)=N[C@]1(C)c1cc(CC(=O)c2ncc(Cl)cc2Cl)ccc1F. The van der Waals surface area contributed by atoms with Gasteiger partial charge in [-0.25, -0.2) is 24.0 Å². The molecule has 268 valence electrons. The van der Waals surface area contributed by atoms with Crippen LogP contribution in [0.2, 0.25) is 10.0 Å². The quantitative estimate of drug-likeness (QED) is 0.208. The van der Waals surface area contributed by atoms with Crippen molar-refractivity contribution in [2.45, 2.75) is 84.3 Å². The number of methoxy groups -OCH3 is 1. The van der Waals surface area contributed by atoms with Crippen LogP contribution in [0.1, 0.15) is 75.6 Å². The van der Waals surface area contributed by atoms with E-state index >= 15 is 4.39 Å². The van der Waals surface area contributed by atoms with Crippen LogP contribution in [-0.4, -0.2) is 63.2 Å². The van der Waals surface area contributed by atoms with E-state index in [-0.39, 0.29) is 45.3 Å². The molecule has 0 spiro atoms. The molecular weight excluding hydrogens is 708 g/mol. The van der Waals surface area contributed by atoms with Gasteiger partial charge in [0.25, 0.3) is 0 Å². The van der Waals surface area contributed by atoms with Gasteiger partial charge < -0.3 is 18.9 Å². The Hall–Kier alpha value is -3.71. The molecule has 2 amide bonds. The van der Waals surface area contributed by atoms with Gasteiger partial charge in [0, 0.05) is 29.5 Å². The number of aliphatic imine (C=N–C) groups is 1. The molecule has 0 aliphatic carbocycles. The summed E-state index contributed by atoms with van der Waals surface area (Å²) in [4.78, 5) is 50.0. The molecule has 0 saturated heterocycles. The summed E-state index contributed by atoms with van der Waals surface area (Å²) in [5.74, 6) is -0.320. The molecule has 3 aromatic rings. The maximum absolute atomic E-state index is 16.0. The number of ether oxygens (including phenoxy) is 4. The Morgan fingerprint density at radius 3 is 2.24 bits per heavy atom. The molecular formula is C36H40Cl2FN3O7S. The summed E-state index contributed by atoms with van der Waals surface area (Å²) in [5.41, 5.74) is -2.20. The van der Waals surface area contributed by atoms with Crippen molar-refractivity contribution < 1.29 is 37.7 Å². The van der Waals surface area contributed by atoms with E-state index in [4.69, 9.17) is 47.1 Å². The predicted molar refractivity (Wildman–Crippen MR) is 192 cm³/mol. The van der Waals surface area contributed by atoms with Crippen LogP contribution < -0.4 is 4.74 Å². The van der Waals surface area contributed by atoms with E-state index in [2.05, 4.69) is 4.98 Å². The second-order valence-electron chi connectivity index (χ2n) is 13.7. The van der Waals surface area contributed by atoms with Crippen LogP contribution in [0, 0.1) is 5.82 Å². The third-order valence-electron chi connectivity index (χ3n) is 7.31.